The molecule has 1 aliphatic heterocycles. The molecule has 2 rings (SSSR count). The Bertz CT molecular complexity index is 520. The zero-order chi connectivity index (χ0) is 15.6. The van der Waals surface area contributed by atoms with Gasteiger partial charge in [-0.3, -0.25) is 9.36 Å². The first-order chi connectivity index (χ1) is 9.77. The summed E-state index contributed by atoms with van der Waals surface area (Å²) >= 11 is 0. The fourth-order valence-corrected chi connectivity index (χ4v) is 2.90. The van der Waals surface area contributed by atoms with Crippen molar-refractivity contribution in [3.05, 3.63) is 28.4 Å². The quantitative estimate of drug-likeness (QED) is 0.859. The maximum absolute atomic E-state index is 12.2. The third-order valence-corrected chi connectivity index (χ3v) is 4.48. The molecule has 0 aromatic carbocycles. The van der Waals surface area contributed by atoms with Crippen molar-refractivity contribution < 1.29 is 0 Å². The minimum absolute atomic E-state index is 0.0686. The Balaban J connectivity index is 2.00. The summed E-state index contributed by atoms with van der Waals surface area (Å²) in [5, 5.41) is 0. The molecule has 1 aromatic heterocycles. The highest BCUT2D eigenvalue weighted by Crippen LogP contribution is 2.21. The van der Waals surface area contributed by atoms with E-state index in [2.05, 4.69) is 44.5 Å². The van der Waals surface area contributed by atoms with Gasteiger partial charge in [0, 0.05) is 24.1 Å². The summed E-state index contributed by atoms with van der Waals surface area (Å²) in [5.74, 6) is 0.597. The molecule has 4 nitrogen and oxygen atoms in total. The molecule has 2 heterocycles. The minimum Gasteiger partial charge on any atom is -0.301 e. The average molecular weight is 291 g/mol. The van der Waals surface area contributed by atoms with Crippen molar-refractivity contribution in [3.8, 4) is 0 Å². The van der Waals surface area contributed by atoms with Crippen LogP contribution in [-0.2, 0) is 12.0 Å². The van der Waals surface area contributed by atoms with Crippen LogP contribution in [0.1, 0.15) is 53.2 Å². The monoisotopic (exact) mass is 291 g/mol. The summed E-state index contributed by atoms with van der Waals surface area (Å²) in [6, 6.07) is 2.32. The van der Waals surface area contributed by atoms with E-state index in [1.807, 2.05) is 0 Å². The zero-order valence-corrected chi connectivity index (χ0v) is 14.1. The van der Waals surface area contributed by atoms with Crippen LogP contribution >= 0.6 is 0 Å². The van der Waals surface area contributed by atoms with Gasteiger partial charge in [0.15, 0.2) is 0 Å². The van der Waals surface area contributed by atoms with E-state index in [1.165, 1.54) is 12.8 Å². The number of piperidine rings is 1. The van der Waals surface area contributed by atoms with Crippen LogP contribution < -0.4 is 5.56 Å². The van der Waals surface area contributed by atoms with Crippen LogP contribution in [0.25, 0.3) is 0 Å². The normalized spacial score (nSPS) is 18.4. The summed E-state index contributed by atoms with van der Waals surface area (Å²) in [6.45, 7) is 13.8. The third kappa shape index (κ3) is 4.16. The SMILES string of the molecule is CC(C)N1CCC(Cn2cnc(C(C)(C)C)cc2=O)CC1. The van der Waals surface area contributed by atoms with Gasteiger partial charge in [0.25, 0.3) is 5.56 Å². The molecule has 21 heavy (non-hydrogen) atoms. The Morgan fingerprint density at radius 1 is 1.29 bits per heavy atom. The van der Waals surface area contributed by atoms with Gasteiger partial charge in [-0.25, -0.2) is 4.98 Å². The van der Waals surface area contributed by atoms with Crippen LogP contribution in [0.5, 0.6) is 0 Å². The highest BCUT2D eigenvalue weighted by Gasteiger charge is 2.22. The van der Waals surface area contributed by atoms with Crippen molar-refractivity contribution in [1.82, 2.24) is 14.5 Å². The molecule has 0 spiro atoms. The van der Waals surface area contributed by atoms with Crippen LogP contribution in [0.4, 0.5) is 0 Å². The Labute approximate surface area is 128 Å². The van der Waals surface area contributed by atoms with E-state index in [0.717, 1.165) is 25.3 Å². The molecule has 1 aromatic rings. The van der Waals surface area contributed by atoms with E-state index in [0.29, 0.717) is 12.0 Å². The van der Waals surface area contributed by atoms with Gasteiger partial charge in [0.1, 0.15) is 0 Å². The second-order valence-corrected chi connectivity index (χ2v) is 7.59. The Morgan fingerprint density at radius 2 is 1.90 bits per heavy atom. The summed E-state index contributed by atoms with van der Waals surface area (Å²) in [7, 11) is 0. The van der Waals surface area contributed by atoms with Crippen molar-refractivity contribution in [3.63, 3.8) is 0 Å². The van der Waals surface area contributed by atoms with Crippen LogP contribution in [-0.4, -0.2) is 33.6 Å². The number of nitrogens with zero attached hydrogens (tertiary/aromatic N) is 3. The number of rotatable bonds is 3. The van der Waals surface area contributed by atoms with Crippen molar-refractivity contribution >= 4 is 0 Å². The fourth-order valence-electron chi connectivity index (χ4n) is 2.90. The van der Waals surface area contributed by atoms with Crippen molar-refractivity contribution in [2.24, 2.45) is 5.92 Å². The maximum atomic E-state index is 12.2. The number of hydrogen-bond acceptors (Lipinski definition) is 3. The molecule has 118 valence electrons. The van der Waals surface area contributed by atoms with Gasteiger partial charge >= 0.3 is 0 Å². The molecule has 0 atom stereocenters. The topological polar surface area (TPSA) is 38.1 Å². The van der Waals surface area contributed by atoms with Crippen molar-refractivity contribution in [2.75, 3.05) is 13.1 Å². The van der Waals surface area contributed by atoms with Crippen molar-refractivity contribution in [2.45, 2.75) is 65.5 Å². The molecule has 0 N–H and O–H groups in total. The second kappa shape index (κ2) is 6.30. The van der Waals surface area contributed by atoms with E-state index >= 15 is 0 Å². The van der Waals surface area contributed by atoms with Crippen LogP contribution in [0, 0.1) is 5.92 Å². The molecule has 0 radical (unpaired) electrons. The molecule has 1 saturated heterocycles. The van der Waals surface area contributed by atoms with Gasteiger partial charge in [0.05, 0.1) is 12.0 Å². The van der Waals surface area contributed by atoms with Gasteiger partial charge < -0.3 is 4.90 Å². The molecule has 0 bridgehead atoms. The van der Waals surface area contributed by atoms with Gasteiger partial charge in [-0.15, -0.1) is 0 Å². The van der Waals surface area contributed by atoms with Crippen LogP contribution in [0.15, 0.2) is 17.2 Å². The molecule has 4 heteroatoms. The molecule has 0 saturated carbocycles. The molecule has 0 amide bonds. The lowest BCUT2D eigenvalue weighted by Gasteiger charge is -2.34. The second-order valence-electron chi connectivity index (χ2n) is 7.59. The minimum atomic E-state index is -0.0686. The Kier molecular flexibility index (Phi) is 4.87. The average Bonchev–Trinajstić information content (AvgIpc) is 2.40. The summed E-state index contributed by atoms with van der Waals surface area (Å²) in [4.78, 5) is 19.2. The standard InChI is InChI=1S/C17H29N3O/c1-13(2)19-8-6-14(7-9-19)11-20-12-18-15(10-16(20)21)17(3,4)5/h10,12-14H,6-9,11H2,1-5H3. The van der Waals surface area contributed by atoms with E-state index in [1.54, 1.807) is 17.0 Å². The number of hydrogen-bond donors (Lipinski definition) is 0. The summed E-state index contributed by atoms with van der Waals surface area (Å²) in [6.07, 6.45) is 4.08. The lowest BCUT2D eigenvalue weighted by Crippen LogP contribution is -2.40. The zero-order valence-electron chi connectivity index (χ0n) is 14.1. The fraction of sp³-hybridized carbons (Fsp3) is 0.765. The summed E-state index contributed by atoms with van der Waals surface area (Å²) in [5.41, 5.74) is 0.889. The Hall–Kier alpha value is -1.16. The van der Waals surface area contributed by atoms with Crippen LogP contribution in [0.2, 0.25) is 0 Å². The highest BCUT2D eigenvalue weighted by atomic mass is 16.1. The van der Waals surface area contributed by atoms with E-state index < -0.39 is 0 Å². The summed E-state index contributed by atoms with van der Waals surface area (Å²) < 4.78 is 1.78. The predicted molar refractivity (Wildman–Crippen MR) is 86.6 cm³/mol. The van der Waals surface area contributed by atoms with E-state index in [4.69, 9.17) is 0 Å². The van der Waals surface area contributed by atoms with Gasteiger partial charge in [-0.2, -0.15) is 0 Å². The lowest BCUT2D eigenvalue weighted by molar-refractivity contribution is 0.141. The molecule has 0 unspecified atom stereocenters. The van der Waals surface area contributed by atoms with Crippen molar-refractivity contribution in [1.29, 1.82) is 0 Å². The van der Waals surface area contributed by atoms with Gasteiger partial charge in [-0.1, -0.05) is 20.8 Å². The largest absolute Gasteiger partial charge is 0.301 e. The van der Waals surface area contributed by atoms with Crippen LogP contribution in [0.3, 0.4) is 0 Å². The maximum Gasteiger partial charge on any atom is 0.253 e. The van der Waals surface area contributed by atoms with E-state index in [-0.39, 0.29) is 11.0 Å². The Morgan fingerprint density at radius 3 is 2.38 bits per heavy atom. The molecule has 0 aliphatic carbocycles. The smallest absolute Gasteiger partial charge is 0.253 e. The first-order valence-corrected chi connectivity index (χ1v) is 8.08. The lowest BCUT2D eigenvalue weighted by atomic mass is 9.92. The number of likely N-dealkylation sites (tertiary alicyclic amines) is 1. The number of aromatic nitrogens is 2. The first kappa shape index (κ1) is 16.2. The third-order valence-electron chi connectivity index (χ3n) is 4.48. The van der Waals surface area contributed by atoms with Gasteiger partial charge in [-0.05, 0) is 45.7 Å². The molecule has 1 aliphatic rings. The molecular formula is C17H29N3O. The van der Waals surface area contributed by atoms with Gasteiger partial charge in [0.2, 0.25) is 0 Å². The molecular weight excluding hydrogens is 262 g/mol. The first-order valence-electron chi connectivity index (χ1n) is 8.08. The predicted octanol–water partition coefficient (Wildman–Crippen LogP) is 2.66. The highest BCUT2D eigenvalue weighted by molar-refractivity contribution is 5.10. The molecule has 1 fully saturated rings. The van der Waals surface area contributed by atoms with E-state index in [9.17, 15) is 4.79 Å².